The molecular weight excluding hydrogens is 276 g/mol. The van der Waals surface area contributed by atoms with Crippen molar-refractivity contribution in [2.45, 2.75) is 39.3 Å². The van der Waals surface area contributed by atoms with Gasteiger partial charge in [0.05, 0.1) is 0 Å². The summed E-state index contributed by atoms with van der Waals surface area (Å²) in [4.78, 5) is 16.5. The zero-order valence-corrected chi connectivity index (χ0v) is 13.6. The number of ether oxygens (including phenoxy) is 1. The highest BCUT2D eigenvalue weighted by molar-refractivity contribution is 5.77. The van der Waals surface area contributed by atoms with Crippen molar-refractivity contribution in [2.75, 3.05) is 26.2 Å². The van der Waals surface area contributed by atoms with E-state index >= 15 is 0 Å². The number of piperidine rings is 1. The van der Waals surface area contributed by atoms with E-state index in [0.717, 1.165) is 45.0 Å². The average molecular weight is 302 g/mol. The number of rotatable bonds is 3. The SMILES string of the molecule is CC(C)N1CC(CN2CCOc3ccccc3C2)CCC1=O. The summed E-state index contributed by atoms with van der Waals surface area (Å²) in [7, 11) is 0. The molecule has 2 aliphatic rings. The van der Waals surface area contributed by atoms with E-state index in [1.54, 1.807) is 0 Å². The first-order valence-corrected chi connectivity index (χ1v) is 8.36. The van der Waals surface area contributed by atoms with E-state index in [4.69, 9.17) is 4.74 Å². The lowest BCUT2D eigenvalue weighted by Gasteiger charge is -2.37. The van der Waals surface area contributed by atoms with Gasteiger partial charge in [-0.15, -0.1) is 0 Å². The van der Waals surface area contributed by atoms with Gasteiger partial charge in [0.1, 0.15) is 12.4 Å². The Balaban J connectivity index is 1.62. The summed E-state index contributed by atoms with van der Waals surface area (Å²) in [5.74, 6) is 1.91. The second kappa shape index (κ2) is 6.69. The molecule has 1 saturated heterocycles. The summed E-state index contributed by atoms with van der Waals surface area (Å²) in [6.45, 7) is 8.82. The Labute approximate surface area is 133 Å². The molecule has 1 aromatic rings. The second-order valence-electron chi connectivity index (χ2n) is 6.74. The van der Waals surface area contributed by atoms with Crippen molar-refractivity contribution < 1.29 is 9.53 Å². The highest BCUT2D eigenvalue weighted by atomic mass is 16.5. The molecule has 4 heteroatoms. The number of carbonyl (C=O) groups excluding carboxylic acids is 1. The van der Waals surface area contributed by atoms with Crippen LogP contribution in [0.1, 0.15) is 32.3 Å². The molecule has 0 aromatic heterocycles. The molecule has 2 aliphatic heterocycles. The topological polar surface area (TPSA) is 32.8 Å². The molecule has 0 N–H and O–H groups in total. The summed E-state index contributed by atoms with van der Waals surface area (Å²) in [5, 5.41) is 0. The Morgan fingerprint density at radius 3 is 2.95 bits per heavy atom. The summed E-state index contributed by atoms with van der Waals surface area (Å²) < 4.78 is 5.84. The van der Waals surface area contributed by atoms with Crippen molar-refractivity contribution in [1.82, 2.24) is 9.80 Å². The van der Waals surface area contributed by atoms with Gasteiger partial charge in [0.2, 0.25) is 5.91 Å². The lowest BCUT2D eigenvalue weighted by Crippen LogP contribution is -2.47. The molecule has 1 amide bonds. The van der Waals surface area contributed by atoms with Gasteiger partial charge in [0, 0.05) is 44.2 Å². The highest BCUT2D eigenvalue weighted by Gasteiger charge is 2.29. The maximum Gasteiger partial charge on any atom is 0.222 e. The standard InChI is InChI=1S/C18H26N2O2/c1-14(2)20-12-15(7-8-18(20)21)11-19-9-10-22-17-6-4-3-5-16(17)13-19/h3-6,14-15H,7-13H2,1-2H3. The van der Waals surface area contributed by atoms with E-state index in [-0.39, 0.29) is 0 Å². The van der Waals surface area contributed by atoms with E-state index in [1.807, 2.05) is 11.0 Å². The summed E-state index contributed by atoms with van der Waals surface area (Å²) in [6, 6.07) is 8.62. The number of hydrogen-bond donors (Lipinski definition) is 0. The van der Waals surface area contributed by atoms with Gasteiger partial charge in [0.25, 0.3) is 0 Å². The summed E-state index contributed by atoms with van der Waals surface area (Å²) in [6.07, 6.45) is 1.71. The molecule has 0 saturated carbocycles. The van der Waals surface area contributed by atoms with Crippen LogP contribution in [0.3, 0.4) is 0 Å². The van der Waals surface area contributed by atoms with Crippen LogP contribution in [0, 0.1) is 5.92 Å². The van der Waals surface area contributed by atoms with Crippen molar-refractivity contribution in [1.29, 1.82) is 0 Å². The van der Waals surface area contributed by atoms with E-state index in [0.29, 0.717) is 24.3 Å². The van der Waals surface area contributed by atoms with Gasteiger partial charge in [-0.3, -0.25) is 9.69 Å². The van der Waals surface area contributed by atoms with E-state index in [9.17, 15) is 4.79 Å². The monoisotopic (exact) mass is 302 g/mol. The first-order chi connectivity index (χ1) is 10.6. The molecule has 4 nitrogen and oxygen atoms in total. The lowest BCUT2D eigenvalue weighted by atomic mass is 9.95. The molecule has 120 valence electrons. The molecule has 1 aromatic carbocycles. The quantitative estimate of drug-likeness (QED) is 0.860. The minimum absolute atomic E-state index is 0.309. The average Bonchev–Trinajstić information content (AvgIpc) is 2.70. The van der Waals surface area contributed by atoms with Gasteiger partial charge in [-0.25, -0.2) is 0 Å². The van der Waals surface area contributed by atoms with Crippen LogP contribution in [-0.4, -0.2) is 48.0 Å². The van der Waals surface area contributed by atoms with Crippen molar-refractivity contribution in [3.63, 3.8) is 0 Å². The van der Waals surface area contributed by atoms with Crippen LogP contribution in [0.25, 0.3) is 0 Å². The van der Waals surface area contributed by atoms with Gasteiger partial charge < -0.3 is 9.64 Å². The van der Waals surface area contributed by atoms with Crippen LogP contribution in [0.4, 0.5) is 0 Å². The highest BCUT2D eigenvalue weighted by Crippen LogP contribution is 2.25. The third-order valence-electron chi connectivity index (χ3n) is 4.71. The number of nitrogens with zero attached hydrogens (tertiary/aromatic N) is 2. The van der Waals surface area contributed by atoms with Gasteiger partial charge in [0.15, 0.2) is 0 Å². The van der Waals surface area contributed by atoms with Crippen LogP contribution in [0.2, 0.25) is 0 Å². The molecule has 0 bridgehead atoms. The predicted octanol–water partition coefficient (Wildman–Crippen LogP) is 2.53. The van der Waals surface area contributed by atoms with Crippen molar-refractivity contribution in [2.24, 2.45) is 5.92 Å². The Hall–Kier alpha value is -1.55. The van der Waals surface area contributed by atoms with Crippen molar-refractivity contribution >= 4 is 5.91 Å². The van der Waals surface area contributed by atoms with Gasteiger partial charge >= 0.3 is 0 Å². The number of hydrogen-bond acceptors (Lipinski definition) is 3. The Bertz CT molecular complexity index is 530. The fraction of sp³-hybridized carbons (Fsp3) is 0.611. The van der Waals surface area contributed by atoms with Crippen molar-refractivity contribution in [3.05, 3.63) is 29.8 Å². The minimum Gasteiger partial charge on any atom is -0.492 e. The van der Waals surface area contributed by atoms with Crippen molar-refractivity contribution in [3.8, 4) is 5.75 Å². The minimum atomic E-state index is 0.309. The van der Waals surface area contributed by atoms with Crippen LogP contribution in [0.15, 0.2) is 24.3 Å². The summed E-state index contributed by atoms with van der Waals surface area (Å²) >= 11 is 0. The number of carbonyl (C=O) groups is 1. The van der Waals surface area contributed by atoms with Crippen LogP contribution in [0.5, 0.6) is 5.75 Å². The largest absolute Gasteiger partial charge is 0.492 e. The number of amides is 1. The molecule has 0 spiro atoms. The first kappa shape index (κ1) is 15.3. The van der Waals surface area contributed by atoms with E-state index in [2.05, 4.69) is 36.9 Å². The third kappa shape index (κ3) is 3.43. The van der Waals surface area contributed by atoms with Crippen LogP contribution < -0.4 is 4.74 Å². The first-order valence-electron chi connectivity index (χ1n) is 8.36. The van der Waals surface area contributed by atoms with Gasteiger partial charge in [-0.1, -0.05) is 18.2 Å². The molecule has 1 fully saturated rings. The molecule has 0 aliphatic carbocycles. The molecule has 1 atom stereocenters. The fourth-order valence-electron chi connectivity index (χ4n) is 3.49. The van der Waals surface area contributed by atoms with E-state index in [1.165, 1.54) is 5.56 Å². The number of likely N-dealkylation sites (tertiary alicyclic amines) is 1. The fourth-order valence-corrected chi connectivity index (χ4v) is 3.49. The Morgan fingerprint density at radius 1 is 1.32 bits per heavy atom. The van der Waals surface area contributed by atoms with Crippen LogP contribution in [-0.2, 0) is 11.3 Å². The summed E-state index contributed by atoms with van der Waals surface area (Å²) in [5.41, 5.74) is 1.27. The molecular formula is C18H26N2O2. The number of benzene rings is 1. The zero-order chi connectivity index (χ0) is 15.5. The zero-order valence-electron chi connectivity index (χ0n) is 13.6. The maximum atomic E-state index is 12.0. The smallest absolute Gasteiger partial charge is 0.222 e. The lowest BCUT2D eigenvalue weighted by molar-refractivity contribution is -0.137. The Morgan fingerprint density at radius 2 is 2.14 bits per heavy atom. The number of para-hydroxylation sites is 1. The maximum absolute atomic E-state index is 12.0. The van der Waals surface area contributed by atoms with Gasteiger partial charge in [-0.05, 0) is 32.3 Å². The van der Waals surface area contributed by atoms with E-state index < -0.39 is 0 Å². The van der Waals surface area contributed by atoms with Gasteiger partial charge in [-0.2, -0.15) is 0 Å². The molecule has 2 heterocycles. The molecule has 1 unspecified atom stereocenters. The van der Waals surface area contributed by atoms with Crippen LogP contribution >= 0.6 is 0 Å². The normalized spacial score (nSPS) is 23.1. The molecule has 0 radical (unpaired) electrons. The Kier molecular flexibility index (Phi) is 4.67. The number of fused-ring (bicyclic) bond motifs is 1. The second-order valence-corrected chi connectivity index (χ2v) is 6.74. The molecule has 22 heavy (non-hydrogen) atoms. The predicted molar refractivity (Wildman–Crippen MR) is 86.8 cm³/mol. The molecule has 3 rings (SSSR count). The third-order valence-corrected chi connectivity index (χ3v) is 4.71.